The lowest BCUT2D eigenvalue weighted by Crippen LogP contribution is -2.20. The van der Waals surface area contributed by atoms with Crippen LogP contribution in [-0.2, 0) is 17.7 Å². The number of nitrogen functional groups attached to an aromatic ring is 1. The lowest BCUT2D eigenvalue weighted by molar-refractivity contribution is 0.221. The van der Waals surface area contributed by atoms with Crippen molar-refractivity contribution in [3.8, 4) is 0 Å². The van der Waals surface area contributed by atoms with Crippen LogP contribution in [0.15, 0.2) is 72.0 Å². The number of benzene rings is 2. The molecule has 1 aliphatic heterocycles. The van der Waals surface area contributed by atoms with E-state index in [2.05, 4.69) is 65.9 Å². The summed E-state index contributed by atoms with van der Waals surface area (Å²) in [6.07, 6.45) is 7.24. The number of hydrogen-bond donors (Lipinski definition) is 1. The van der Waals surface area contributed by atoms with Crippen LogP contribution in [0.25, 0.3) is 10.1 Å². The summed E-state index contributed by atoms with van der Waals surface area (Å²) in [6.45, 7) is 4.49. The summed E-state index contributed by atoms with van der Waals surface area (Å²) in [5.74, 6) is 0.954. The molecular weight excluding hydrogens is 352 g/mol. The third-order valence-corrected chi connectivity index (χ3v) is 6.05. The van der Waals surface area contributed by atoms with E-state index in [1.54, 1.807) is 11.3 Å². The van der Waals surface area contributed by atoms with Crippen molar-refractivity contribution in [3.63, 3.8) is 0 Å². The minimum atomic E-state index is 0.700. The van der Waals surface area contributed by atoms with Gasteiger partial charge in [-0.15, -0.1) is 11.3 Å². The molecule has 0 fully saturated rings. The Morgan fingerprint density at radius 3 is 2.85 bits per heavy atom. The van der Waals surface area contributed by atoms with Crippen LogP contribution in [0.4, 0.5) is 5.69 Å². The van der Waals surface area contributed by atoms with Crippen molar-refractivity contribution >= 4 is 27.1 Å². The Labute approximate surface area is 164 Å². The van der Waals surface area contributed by atoms with Gasteiger partial charge >= 0.3 is 0 Å². The zero-order valence-electron chi connectivity index (χ0n) is 15.5. The zero-order valence-corrected chi connectivity index (χ0v) is 16.3. The van der Waals surface area contributed by atoms with Crippen LogP contribution >= 0.6 is 11.3 Å². The second-order valence-electron chi connectivity index (χ2n) is 6.84. The number of fused-ring (bicyclic) bond motifs is 1. The summed E-state index contributed by atoms with van der Waals surface area (Å²) in [5.41, 5.74) is 10.7. The summed E-state index contributed by atoms with van der Waals surface area (Å²) in [6, 6.07) is 14.7. The van der Waals surface area contributed by atoms with Crippen molar-refractivity contribution in [2.75, 3.05) is 18.9 Å². The molecular formula is C23H24N2OS. The molecule has 0 aliphatic carbocycles. The second kappa shape index (κ2) is 7.89. The fraction of sp³-hybridized carbons (Fsp3) is 0.217. The van der Waals surface area contributed by atoms with Crippen LogP contribution in [0.5, 0.6) is 0 Å². The van der Waals surface area contributed by atoms with E-state index in [1.165, 1.54) is 26.8 Å². The van der Waals surface area contributed by atoms with Crippen molar-refractivity contribution < 1.29 is 4.74 Å². The van der Waals surface area contributed by atoms with Crippen LogP contribution < -0.4 is 5.73 Å². The van der Waals surface area contributed by atoms with Crippen molar-refractivity contribution in [2.45, 2.75) is 19.9 Å². The predicted molar refractivity (Wildman–Crippen MR) is 115 cm³/mol. The van der Waals surface area contributed by atoms with Crippen LogP contribution in [-0.4, -0.2) is 18.1 Å². The lowest BCUT2D eigenvalue weighted by Gasteiger charge is -2.24. The molecule has 3 nitrogen and oxygen atoms in total. The second-order valence-corrected chi connectivity index (χ2v) is 7.75. The normalized spacial score (nSPS) is 13.8. The maximum absolute atomic E-state index is 6.01. The first kappa shape index (κ1) is 17.7. The van der Waals surface area contributed by atoms with Gasteiger partial charge in [0.1, 0.15) is 5.76 Å². The van der Waals surface area contributed by atoms with Crippen molar-refractivity contribution in [1.82, 2.24) is 4.90 Å². The van der Waals surface area contributed by atoms with E-state index in [0.717, 1.165) is 31.0 Å². The van der Waals surface area contributed by atoms with Gasteiger partial charge < -0.3 is 15.4 Å². The molecule has 0 amide bonds. The van der Waals surface area contributed by atoms with Crippen molar-refractivity contribution in [3.05, 3.63) is 88.6 Å². The molecule has 0 unspecified atom stereocenters. The van der Waals surface area contributed by atoms with E-state index < -0.39 is 0 Å². The average molecular weight is 377 g/mol. The maximum Gasteiger partial charge on any atom is 0.118 e. The molecule has 0 radical (unpaired) electrons. The highest BCUT2D eigenvalue weighted by Crippen LogP contribution is 2.26. The minimum Gasteiger partial charge on any atom is -0.493 e. The Morgan fingerprint density at radius 2 is 2.00 bits per heavy atom. The summed E-state index contributed by atoms with van der Waals surface area (Å²) < 4.78 is 7.32. The molecule has 1 aliphatic rings. The first-order chi connectivity index (χ1) is 13.2. The standard InChI is InChI=1S/C23H24N2OS/c1-17-18(5-4-7-22(17)24)15-25-12-9-20(10-13-25)26-14-11-19-16-27-23-8-3-2-6-21(19)23/h2-10,12,16H,11,13-15,24H2,1H3. The highest BCUT2D eigenvalue weighted by Gasteiger charge is 2.09. The summed E-state index contributed by atoms with van der Waals surface area (Å²) in [4.78, 5) is 2.26. The molecule has 3 aromatic rings. The number of anilines is 1. The Hall–Kier alpha value is -2.72. The summed E-state index contributed by atoms with van der Waals surface area (Å²) in [5, 5.41) is 3.59. The first-order valence-electron chi connectivity index (χ1n) is 9.25. The van der Waals surface area contributed by atoms with Gasteiger partial charge in [-0.05, 0) is 58.7 Å². The highest BCUT2D eigenvalue weighted by molar-refractivity contribution is 7.17. The van der Waals surface area contributed by atoms with Gasteiger partial charge in [0.15, 0.2) is 0 Å². The van der Waals surface area contributed by atoms with E-state index in [4.69, 9.17) is 10.5 Å². The van der Waals surface area contributed by atoms with Crippen LogP contribution in [0.3, 0.4) is 0 Å². The number of nitrogens with zero attached hydrogens (tertiary/aromatic N) is 1. The molecule has 0 atom stereocenters. The van der Waals surface area contributed by atoms with Gasteiger partial charge in [0, 0.05) is 36.1 Å². The van der Waals surface area contributed by atoms with Crippen molar-refractivity contribution in [1.29, 1.82) is 0 Å². The zero-order chi connectivity index (χ0) is 18.6. The molecule has 2 N–H and O–H groups in total. The molecule has 0 saturated carbocycles. The van der Waals surface area contributed by atoms with E-state index in [-0.39, 0.29) is 0 Å². The predicted octanol–water partition coefficient (Wildman–Crippen LogP) is 5.26. The molecule has 0 spiro atoms. The lowest BCUT2D eigenvalue weighted by atomic mass is 10.1. The minimum absolute atomic E-state index is 0.700. The van der Waals surface area contributed by atoms with Crippen LogP contribution in [0.2, 0.25) is 0 Å². The summed E-state index contributed by atoms with van der Waals surface area (Å²) >= 11 is 1.80. The van der Waals surface area contributed by atoms with Gasteiger partial charge in [-0.25, -0.2) is 0 Å². The van der Waals surface area contributed by atoms with E-state index in [9.17, 15) is 0 Å². The Balaban J connectivity index is 1.29. The number of nitrogens with two attached hydrogens (primary N) is 1. The van der Waals surface area contributed by atoms with Crippen LogP contribution in [0.1, 0.15) is 16.7 Å². The van der Waals surface area contributed by atoms with Gasteiger partial charge in [0.25, 0.3) is 0 Å². The molecule has 2 heterocycles. The number of allylic oxidation sites excluding steroid dienone is 1. The third-order valence-electron chi connectivity index (χ3n) is 5.04. The average Bonchev–Trinajstić information content (AvgIpc) is 3.10. The van der Waals surface area contributed by atoms with Gasteiger partial charge in [-0.2, -0.15) is 0 Å². The largest absolute Gasteiger partial charge is 0.493 e. The summed E-state index contributed by atoms with van der Waals surface area (Å²) in [7, 11) is 0. The van der Waals surface area contributed by atoms with Gasteiger partial charge in [0.2, 0.25) is 0 Å². The number of thiophene rings is 1. The first-order valence-corrected chi connectivity index (χ1v) is 10.1. The van der Waals surface area contributed by atoms with Crippen LogP contribution in [0, 0.1) is 6.92 Å². The molecule has 1 aromatic heterocycles. The molecule has 4 rings (SSSR count). The quantitative estimate of drug-likeness (QED) is 0.596. The van der Waals surface area contributed by atoms with Crippen molar-refractivity contribution in [2.24, 2.45) is 0 Å². The smallest absolute Gasteiger partial charge is 0.118 e. The SMILES string of the molecule is Cc1c(N)cccc1CN1C=CC(OCCc2csc3ccccc23)=CC1. The van der Waals surface area contributed by atoms with E-state index >= 15 is 0 Å². The molecule has 0 saturated heterocycles. The topological polar surface area (TPSA) is 38.5 Å². The number of ether oxygens (including phenoxy) is 1. The number of hydrogen-bond acceptors (Lipinski definition) is 4. The van der Waals surface area contributed by atoms with E-state index in [0.29, 0.717) is 6.61 Å². The molecule has 2 aromatic carbocycles. The molecule has 27 heavy (non-hydrogen) atoms. The molecule has 0 bridgehead atoms. The molecule has 4 heteroatoms. The van der Waals surface area contributed by atoms with Gasteiger partial charge in [-0.1, -0.05) is 30.3 Å². The molecule has 138 valence electrons. The van der Waals surface area contributed by atoms with Gasteiger partial charge in [-0.3, -0.25) is 0 Å². The van der Waals surface area contributed by atoms with E-state index in [1.807, 2.05) is 12.1 Å². The highest BCUT2D eigenvalue weighted by atomic mass is 32.1. The Morgan fingerprint density at radius 1 is 1.11 bits per heavy atom. The fourth-order valence-electron chi connectivity index (χ4n) is 3.34. The Kier molecular flexibility index (Phi) is 5.16. The fourth-order valence-corrected chi connectivity index (χ4v) is 4.34. The third kappa shape index (κ3) is 4.01. The monoisotopic (exact) mass is 376 g/mol. The maximum atomic E-state index is 6.01. The Bertz CT molecular complexity index is 1000. The van der Waals surface area contributed by atoms with Gasteiger partial charge in [0.05, 0.1) is 6.61 Å². The number of rotatable bonds is 6.